The molecule has 0 aliphatic carbocycles. The van der Waals surface area contributed by atoms with Crippen LogP contribution in [0.2, 0.25) is 0 Å². The van der Waals surface area contributed by atoms with Crippen molar-refractivity contribution >= 4 is 11.8 Å². The van der Waals surface area contributed by atoms with E-state index in [4.69, 9.17) is 0 Å². The molecule has 2 rings (SSSR count). The summed E-state index contributed by atoms with van der Waals surface area (Å²) in [4.78, 5) is 4.07. The molecule has 1 aromatic carbocycles. The topological polar surface area (TPSA) is 12.9 Å². The van der Waals surface area contributed by atoms with Gasteiger partial charge in [-0.05, 0) is 30.5 Å². The van der Waals surface area contributed by atoms with Gasteiger partial charge in [-0.1, -0.05) is 6.07 Å². The monoisotopic (exact) mass is 237 g/mol. The Balaban J connectivity index is 2.59. The molecule has 0 fully saturated rings. The zero-order chi connectivity index (χ0) is 11.5. The van der Waals surface area contributed by atoms with E-state index in [-0.39, 0.29) is 4.90 Å². The Bertz CT molecular complexity index is 500. The van der Waals surface area contributed by atoms with Crippen molar-refractivity contribution in [3.8, 4) is 11.3 Å². The molecule has 0 N–H and O–H groups in total. The standard InChI is InChI=1S/C12H9F2NS/c1-16-12-9(13)6-5-8(11(12)14)10-4-2-3-7-15-10/h2-7H,1H3. The minimum Gasteiger partial charge on any atom is -0.256 e. The van der Waals surface area contributed by atoms with E-state index in [1.54, 1.807) is 30.7 Å². The molecule has 0 bridgehead atoms. The molecule has 82 valence electrons. The number of pyridine rings is 1. The van der Waals surface area contributed by atoms with Crippen molar-refractivity contribution in [3.63, 3.8) is 0 Å². The number of benzene rings is 1. The Labute approximate surface area is 96.5 Å². The van der Waals surface area contributed by atoms with Crippen LogP contribution in [0, 0.1) is 11.6 Å². The van der Waals surface area contributed by atoms with Gasteiger partial charge in [0.05, 0.1) is 10.6 Å². The Morgan fingerprint density at radius 1 is 1.12 bits per heavy atom. The molecule has 1 aromatic heterocycles. The van der Waals surface area contributed by atoms with Gasteiger partial charge in [-0.3, -0.25) is 4.98 Å². The first kappa shape index (κ1) is 11.1. The molecule has 2 aromatic rings. The van der Waals surface area contributed by atoms with Crippen LogP contribution >= 0.6 is 11.8 Å². The highest BCUT2D eigenvalue weighted by Crippen LogP contribution is 2.30. The predicted octanol–water partition coefficient (Wildman–Crippen LogP) is 3.75. The van der Waals surface area contributed by atoms with Crippen molar-refractivity contribution in [3.05, 3.63) is 48.2 Å². The third-order valence-corrected chi connectivity index (χ3v) is 2.98. The van der Waals surface area contributed by atoms with Crippen molar-refractivity contribution in [1.82, 2.24) is 4.98 Å². The molecule has 4 heteroatoms. The minimum atomic E-state index is -0.550. The average molecular weight is 237 g/mol. The number of rotatable bonds is 2. The second-order valence-corrected chi connectivity index (χ2v) is 3.97. The summed E-state index contributed by atoms with van der Waals surface area (Å²) in [5.74, 6) is -1.09. The molecule has 0 amide bonds. The first-order valence-electron chi connectivity index (χ1n) is 4.67. The highest BCUT2D eigenvalue weighted by Gasteiger charge is 2.14. The van der Waals surface area contributed by atoms with Gasteiger partial charge in [-0.2, -0.15) is 0 Å². The molecule has 0 radical (unpaired) electrons. The van der Waals surface area contributed by atoms with Crippen LogP contribution in [0.15, 0.2) is 41.4 Å². The quantitative estimate of drug-likeness (QED) is 0.738. The minimum absolute atomic E-state index is 0.0307. The summed E-state index contributed by atoms with van der Waals surface area (Å²) < 4.78 is 27.2. The van der Waals surface area contributed by atoms with Gasteiger partial charge in [0.1, 0.15) is 11.6 Å². The van der Waals surface area contributed by atoms with Gasteiger partial charge in [0.25, 0.3) is 0 Å². The molecule has 0 atom stereocenters. The fourth-order valence-electron chi connectivity index (χ4n) is 1.44. The Morgan fingerprint density at radius 3 is 2.56 bits per heavy atom. The molecule has 0 aliphatic rings. The van der Waals surface area contributed by atoms with E-state index in [0.29, 0.717) is 11.3 Å². The molecular weight excluding hydrogens is 228 g/mol. The van der Waals surface area contributed by atoms with Crippen LogP contribution in [0.5, 0.6) is 0 Å². The highest BCUT2D eigenvalue weighted by molar-refractivity contribution is 7.98. The van der Waals surface area contributed by atoms with Gasteiger partial charge in [0, 0.05) is 11.8 Å². The second-order valence-electron chi connectivity index (χ2n) is 3.16. The van der Waals surface area contributed by atoms with Crippen molar-refractivity contribution in [1.29, 1.82) is 0 Å². The Kier molecular flexibility index (Phi) is 3.19. The maximum atomic E-state index is 13.9. The second kappa shape index (κ2) is 4.61. The van der Waals surface area contributed by atoms with Crippen molar-refractivity contribution in [2.24, 2.45) is 0 Å². The molecule has 0 saturated heterocycles. The van der Waals surface area contributed by atoms with Gasteiger partial charge in [-0.25, -0.2) is 8.78 Å². The lowest BCUT2D eigenvalue weighted by atomic mass is 10.1. The Morgan fingerprint density at radius 2 is 1.94 bits per heavy atom. The Hall–Kier alpha value is -1.42. The summed E-state index contributed by atoms with van der Waals surface area (Å²) in [5, 5.41) is 0. The number of halogens is 2. The van der Waals surface area contributed by atoms with Crippen molar-refractivity contribution < 1.29 is 8.78 Å². The molecule has 1 heterocycles. The van der Waals surface area contributed by atoms with Crippen LogP contribution in [0.3, 0.4) is 0 Å². The van der Waals surface area contributed by atoms with Gasteiger partial charge < -0.3 is 0 Å². The first-order valence-corrected chi connectivity index (χ1v) is 5.90. The SMILES string of the molecule is CSc1c(F)ccc(-c2ccccn2)c1F. The van der Waals surface area contributed by atoms with Crippen molar-refractivity contribution in [2.45, 2.75) is 4.90 Å². The number of thioether (sulfide) groups is 1. The van der Waals surface area contributed by atoms with E-state index in [2.05, 4.69) is 4.98 Å². The summed E-state index contributed by atoms with van der Waals surface area (Å²) >= 11 is 1.05. The number of aromatic nitrogens is 1. The van der Waals surface area contributed by atoms with Crippen LogP contribution in [0.4, 0.5) is 8.78 Å². The average Bonchev–Trinajstić information content (AvgIpc) is 2.31. The number of hydrogen-bond acceptors (Lipinski definition) is 2. The predicted molar refractivity (Wildman–Crippen MR) is 61.4 cm³/mol. The van der Waals surface area contributed by atoms with E-state index < -0.39 is 11.6 Å². The lowest BCUT2D eigenvalue weighted by Gasteiger charge is -2.06. The molecule has 0 unspecified atom stereocenters. The normalized spacial score (nSPS) is 10.4. The van der Waals surface area contributed by atoms with E-state index >= 15 is 0 Å². The van der Waals surface area contributed by atoms with E-state index in [0.717, 1.165) is 11.8 Å². The molecule has 0 spiro atoms. The van der Waals surface area contributed by atoms with Crippen LogP contribution in [0.1, 0.15) is 0 Å². The van der Waals surface area contributed by atoms with E-state index in [1.807, 2.05) is 0 Å². The zero-order valence-electron chi connectivity index (χ0n) is 8.58. The van der Waals surface area contributed by atoms with E-state index in [9.17, 15) is 8.78 Å². The van der Waals surface area contributed by atoms with Gasteiger partial charge in [0.2, 0.25) is 0 Å². The first-order chi connectivity index (χ1) is 7.74. The molecule has 1 nitrogen and oxygen atoms in total. The van der Waals surface area contributed by atoms with Crippen LogP contribution in [0.25, 0.3) is 11.3 Å². The molecule has 0 aliphatic heterocycles. The fourth-order valence-corrected chi connectivity index (χ4v) is 1.99. The maximum Gasteiger partial charge on any atom is 0.149 e. The van der Waals surface area contributed by atoms with Crippen LogP contribution in [-0.2, 0) is 0 Å². The molecular formula is C12H9F2NS. The van der Waals surface area contributed by atoms with Gasteiger partial charge in [0.15, 0.2) is 0 Å². The van der Waals surface area contributed by atoms with Crippen molar-refractivity contribution in [2.75, 3.05) is 6.26 Å². The summed E-state index contributed by atoms with van der Waals surface area (Å²) in [5.41, 5.74) is 0.835. The summed E-state index contributed by atoms with van der Waals surface area (Å²) in [7, 11) is 0. The van der Waals surface area contributed by atoms with Gasteiger partial charge in [-0.15, -0.1) is 11.8 Å². The van der Waals surface area contributed by atoms with Crippen LogP contribution in [-0.4, -0.2) is 11.2 Å². The highest BCUT2D eigenvalue weighted by atomic mass is 32.2. The summed E-state index contributed by atoms with van der Waals surface area (Å²) in [6, 6.07) is 7.89. The number of hydrogen-bond donors (Lipinski definition) is 0. The largest absolute Gasteiger partial charge is 0.256 e. The van der Waals surface area contributed by atoms with E-state index in [1.165, 1.54) is 12.1 Å². The smallest absolute Gasteiger partial charge is 0.149 e. The summed E-state index contributed by atoms with van der Waals surface area (Å²) in [6.07, 6.45) is 3.22. The zero-order valence-corrected chi connectivity index (χ0v) is 9.39. The maximum absolute atomic E-state index is 13.9. The van der Waals surface area contributed by atoms with Crippen LogP contribution < -0.4 is 0 Å². The molecule has 16 heavy (non-hydrogen) atoms. The summed E-state index contributed by atoms with van der Waals surface area (Å²) in [6.45, 7) is 0. The molecule has 0 saturated carbocycles. The lowest BCUT2D eigenvalue weighted by molar-refractivity contribution is 0.543. The lowest BCUT2D eigenvalue weighted by Crippen LogP contribution is -1.93. The van der Waals surface area contributed by atoms with Gasteiger partial charge >= 0.3 is 0 Å². The fraction of sp³-hybridized carbons (Fsp3) is 0.0833. The number of nitrogens with zero attached hydrogens (tertiary/aromatic N) is 1. The third-order valence-electron chi connectivity index (χ3n) is 2.19. The third kappa shape index (κ3) is 1.93.